The maximum Gasteiger partial charge on any atom is 0.331 e. The van der Waals surface area contributed by atoms with Gasteiger partial charge in [0, 0.05) is 6.07 Å². The predicted molar refractivity (Wildman–Crippen MR) is 131 cm³/mol. The van der Waals surface area contributed by atoms with Gasteiger partial charge in [-0.25, -0.2) is 9.18 Å². The standard InChI is InChI=1S/C26H19BrFN3O3/c27-19-11-12-20-24(23(19)28)30-26(32)31(20)21-13-14-22(33-15-17-7-3-1-4-8-17)29-25(21)34-16-18-9-5-2-6-10-18/h1-14H,15-16H2,(H,30,32). The van der Waals surface area contributed by atoms with E-state index in [1.807, 2.05) is 60.7 Å². The summed E-state index contributed by atoms with van der Waals surface area (Å²) in [6.45, 7) is 0.567. The first-order chi connectivity index (χ1) is 16.6. The Bertz CT molecular complexity index is 1500. The molecule has 0 unspecified atom stereocenters. The average Bonchev–Trinajstić information content (AvgIpc) is 3.21. The van der Waals surface area contributed by atoms with Crippen molar-refractivity contribution >= 4 is 27.0 Å². The second-order valence-electron chi connectivity index (χ2n) is 7.54. The SMILES string of the molecule is O=c1[nH]c2c(F)c(Br)ccc2n1-c1ccc(OCc2ccccc2)nc1OCc1ccccc1. The number of aromatic nitrogens is 3. The smallest absolute Gasteiger partial charge is 0.331 e. The Morgan fingerprint density at radius 3 is 2.18 bits per heavy atom. The molecule has 2 aromatic heterocycles. The highest BCUT2D eigenvalue weighted by Gasteiger charge is 2.19. The third-order valence-corrected chi connectivity index (χ3v) is 5.86. The van der Waals surface area contributed by atoms with Crippen LogP contribution in [0.4, 0.5) is 4.39 Å². The van der Waals surface area contributed by atoms with Crippen LogP contribution < -0.4 is 15.2 Å². The molecule has 0 aliphatic carbocycles. The predicted octanol–water partition coefficient (Wildman–Crippen LogP) is 5.77. The molecule has 8 heteroatoms. The minimum absolute atomic E-state index is 0.0952. The molecule has 0 saturated carbocycles. The van der Waals surface area contributed by atoms with E-state index in [-0.39, 0.29) is 22.5 Å². The van der Waals surface area contributed by atoms with E-state index in [2.05, 4.69) is 25.9 Å². The maximum absolute atomic E-state index is 14.6. The van der Waals surface area contributed by atoms with Gasteiger partial charge in [0.2, 0.25) is 11.8 Å². The lowest BCUT2D eigenvalue weighted by Crippen LogP contribution is -2.16. The molecule has 34 heavy (non-hydrogen) atoms. The molecule has 0 fully saturated rings. The van der Waals surface area contributed by atoms with Crippen LogP contribution in [0.1, 0.15) is 11.1 Å². The third-order valence-electron chi connectivity index (χ3n) is 5.25. The molecule has 0 radical (unpaired) electrons. The van der Waals surface area contributed by atoms with Gasteiger partial charge in [-0.3, -0.25) is 4.57 Å². The average molecular weight is 520 g/mol. The van der Waals surface area contributed by atoms with Gasteiger partial charge in [0.25, 0.3) is 0 Å². The first-order valence-electron chi connectivity index (χ1n) is 10.5. The number of aromatic amines is 1. The minimum atomic E-state index is -0.545. The van der Waals surface area contributed by atoms with Gasteiger partial charge in [0.15, 0.2) is 5.82 Å². The Morgan fingerprint density at radius 1 is 0.853 bits per heavy atom. The van der Waals surface area contributed by atoms with Crippen LogP contribution >= 0.6 is 15.9 Å². The minimum Gasteiger partial charge on any atom is -0.473 e. The zero-order valence-electron chi connectivity index (χ0n) is 17.9. The number of ether oxygens (including phenoxy) is 2. The van der Waals surface area contributed by atoms with Crippen LogP contribution in [0.3, 0.4) is 0 Å². The van der Waals surface area contributed by atoms with Crippen molar-refractivity contribution in [3.63, 3.8) is 0 Å². The van der Waals surface area contributed by atoms with Crippen LogP contribution in [0.2, 0.25) is 0 Å². The summed E-state index contributed by atoms with van der Waals surface area (Å²) in [5.74, 6) is -0.00546. The number of fused-ring (bicyclic) bond motifs is 1. The maximum atomic E-state index is 14.6. The van der Waals surface area contributed by atoms with Gasteiger partial charge in [0.05, 0.1) is 9.99 Å². The van der Waals surface area contributed by atoms with Gasteiger partial charge in [-0.1, -0.05) is 60.7 Å². The first-order valence-corrected chi connectivity index (χ1v) is 11.3. The normalized spacial score (nSPS) is 11.0. The molecule has 0 bridgehead atoms. The summed E-state index contributed by atoms with van der Waals surface area (Å²) >= 11 is 3.16. The second-order valence-corrected chi connectivity index (χ2v) is 8.40. The molecule has 2 heterocycles. The van der Waals surface area contributed by atoms with Crippen molar-refractivity contribution in [1.29, 1.82) is 0 Å². The van der Waals surface area contributed by atoms with E-state index < -0.39 is 11.5 Å². The largest absolute Gasteiger partial charge is 0.473 e. The van der Waals surface area contributed by atoms with Gasteiger partial charge in [-0.2, -0.15) is 4.98 Å². The number of imidazole rings is 1. The van der Waals surface area contributed by atoms with Crippen LogP contribution in [-0.2, 0) is 13.2 Å². The third kappa shape index (κ3) is 4.45. The van der Waals surface area contributed by atoms with Crippen molar-refractivity contribution in [3.05, 3.63) is 117 Å². The van der Waals surface area contributed by atoms with Crippen LogP contribution in [-0.4, -0.2) is 14.5 Å². The molecule has 0 saturated heterocycles. The van der Waals surface area contributed by atoms with E-state index in [1.54, 1.807) is 24.3 Å². The van der Waals surface area contributed by atoms with Crippen LogP contribution in [0, 0.1) is 5.82 Å². The summed E-state index contributed by atoms with van der Waals surface area (Å²) in [4.78, 5) is 19.9. The Morgan fingerprint density at radius 2 is 1.50 bits per heavy atom. The Balaban J connectivity index is 1.54. The van der Waals surface area contributed by atoms with E-state index in [0.29, 0.717) is 23.7 Å². The molecule has 170 valence electrons. The second kappa shape index (κ2) is 9.52. The molecule has 5 aromatic rings. The number of H-pyrrole nitrogens is 1. The molecule has 3 aromatic carbocycles. The summed E-state index contributed by atoms with van der Waals surface area (Å²) in [5.41, 5.74) is 2.27. The molecule has 0 aliphatic rings. The lowest BCUT2D eigenvalue weighted by Gasteiger charge is -2.14. The van der Waals surface area contributed by atoms with Gasteiger partial charge in [-0.15, -0.1) is 0 Å². The molecule has 6 nitrogen and oxygen atoms in total. The fourth-order valence-electron chi connectivity index (χ4n) is 3.59. The van der Waals surface area contributed by atoms with E-state index in [1.165, 1.54) is 4.57 Å². The van der Waals surface area contributed by atoms with Crippen LogP contribution in [0.15, 0.2) is 94.2 Å². The molecule has 5 rings (SSSR count). The van der Waals surface area contributed by atoms with Crippen molar-refractivity contribution in [2.24, 2.45) is 0 Å². The van der Waals surface area contributed by atoms with Gasteiger partial charge in [-0.05, 0) is 45.3 Å². The number of nitrogens with zero attached hydrogens (tertiary/aromatic N) is 2. The fourth-order valence-corrected chi connectivity index (χ4v) is 3.92. The quantitative estimate of drug-likeness (QED) is 0.296. The van der Waals surface area contributed by atoms with Crippen LogP contribution in [0.25, 0.3) is 16.7 Å². The van der Waals surface area contributed by atoms with E-state index in [4.69, 9.17) is 9.47 Å². The van der Waals surface area contributed by atoms with Crippen molar-refractivity contribution in [2.45, 2.75) is 13.2 Å². The highest BCUT2D eigenvalue weighted by Crippen LogP contribution is 2.29. The van der Waals surface area contributed by atoms with E-state index >= 15 is 0 Å². The summed E-state index contributed by atoms with van der Waals surface area (Å²) in [7, 11) is 0. The van der Waals surface area contributed by atoms with E-state index in [0.717, 1.165) is 11.1 Å². The zero-order chi connectivity index (χ0) is 23.5. The Kier molecular flexibility index (Phi) is 6.14. The van der Waals surface area contributed by atoms with Crippen molar-refractivity contribution in [3.8, 4) is 17.4 Å². The summed E-state index contributed by atoms with van der Waals surface area (Å²) in [6.07, 6.45) is 0. The topological polar surface area (TPSA) is 69.1 Å². The molecule has 0 spiro atoms. The number of pyridine rings is 1. The zero-order valence-corrected chi connectivity index (χ0v) is 19.5. The van der Waals surface area contributed by atoms with Gasteiger partial charge < -0.3 is 14.5 Å². The monoisotopic (exact) mass is 519 g/mol. The van der Waals surface area contributed by atoms with Crippen molar-refractivity contribution < 1.29 is 13.9 Å². The van der Waals surface area contributed by atoms with Gasteiger partial charge >= 0.3 is 5.69 Å². The summed E-state index contributed by atoms with van der Waals surface area (Å²) in [6, 6.07) is 25.9. The van der Waals surface area contributed by atoms with E-state index in [9.17, 15) is 9.18 Å². The lowest BCUT2D eigenvalue weighted by molar-refractivity contribution is 0.267. The summed E-state index contributed by atoms with van der Waals surface area (Å²) < 4.78 is 28.1. The molecular formula is C26H19BrFN3O3. The molecule has 1 N–H and O–H groups in total. The molecule has 0 atom stereocenters. The fraction of sp³-hybridized carbons (Fsp3) is 0.0769. The molecule has 0 aliphatic heterocycles. The van der Waals surface area contributed by atoms with Crippen molar-refractivity contribution in [2.75, 3.05) is 0 Å². The van der Waals surface area contributed by atoms with Crippen molar-refractivity contribution in [1.82, 2.24) is 14.5 Å². The van der Waals surface area contributed by atoms with Gasteiger partial charge in [0.1, 0.15) is 24.4 Å². The number of rotatable bonds is 7. The van der Waals surface area contributed by atoms with Crippen LogP contribution in [0.5, 0.6) is 11.8 Å². The summed E-state index contributed by atoms with van der Waals surface area (Å²) in [5, 5.41) is 0. The first kappa shape index (κ1) is 21.9. The number of hydrogen-bond donors (Lipinski definition) is 1. The molecular weight excluding hydrogens is 501 g/mol. The highest BCUT2D eigenvalue weighted by molar-refractivity contribution is 9.10. The molecule has 0 amide bonds. The lowest BCUT2D eigenvalue weighted by atomic mass is 10.2. The Labute approximate surface area is 202 Å². The number of hydrogen-bond acceptors (Lipinski definition) is 4. The Hall–Kier alpha value is -3.91. The number of benzene rings is 3. The number of halogens is 2. The highest BCUT2D eigenvalue weighted by atomic mass is 79.9. The number of nitrogens with one attached hydrogen (secondary N) is 1.